The molecule has 1 amide bonds. The molecule has 1 aliphatic rings. The zero-order valence-electron chi connectivity index (χ0n) is 10.9. The maximum atomic E-state index is 11.8. The number of carbonyl (C=O) groups excluding carboxylic acids is 1. The second kappa shape index (κ2) is 6.38. The van der Waals surface area contributed by atoms with Crippen molar-refractivity contribution < 1.29 is 4.79 Å². The number of nitrogens with one attached hydrogen (secondary N) is 1. The van der Waals surface area contributed by atoms with Gasteiger partial charge < -0.3 is 9.88 Å². The molecule has 98 valence electrons. The number of imidazole rings is 1. The number of hydrogen-bond donors (Lipinski definition) is 1. The van der Waals surface area contributed by atoms with E-state index < -0.39 is 0 Å². The number of hydrogen-bond acceptors (Lipinski definition) is 2. The summed E-state index contributed by atoms with van der Waals surface area (Å²) in [4.78, 5) is 15.9. The first-order valence-electron chi connectivity index (χ1n) is 6.68. The topological polar surface area (TPSA) is 46.9 Å². The first-order chi connectivity index (χ1) is 8.75. The average Bonchev–Trinajstić information content (AvgIpc) is 2.76. The van der Waals surface area contributed by atoms with E-state index in [0.717, 1.165) is 38.1 Å². The van der Waals surface area contributed by atoms with Crippen molar-refractivity contribution in [3.8, 4) is 0 Å². The summed E-state index contributed by atoms with van der Waals surface area (Å²) >= 11 is 0. The summed E-state index contributed by atoms with van der Waals surface area (Å²) in [6.45, 7) is 2.85. The third-order valence-corrected chi connectivity index (χ3v) is 3.36. The Bertz CT molecular complexity index is 422. The third kappa shape index (κ3) is 3.72. The fourth-order valence-corrected chi connectivity index (χ4v) is 2.27. The summed E-state index contributed by atoms with van der Waals surface area (Å²) in [5.74, 6) is 1.18. The van der Waals surface area contributed by atoms with Gasteiger partial charge in [-0.3, -0.25) is 4.79 Å². The largest absolute Gasteiger partial charge is 0.353 e. The van der Waals surface area contributed by atoms with E-state index in [0.29, 0.717) is 12.5 Å². The summed E-state index contributed by atoms with van der Waals surface area (Å²) in [6, 6.07) is 0.345. The Labute approximate surface area is 108 Å². The van der Waals surface area contributed by atoms with Crippen molar-refractivity contribution in [2.24, 2.45) is 0 Å². The lowest BCUT2D eigenvalue weighted by atomic mass is 10.0. The van der Waals surface area contributed by atoms with Crippen LogP contribution in [0.2, 0.25) is 0 Å². The molecule has 0 fully saturated rings. The van der Waals surface area contributed by atoms with Crippen LogP contribution in [0, 0.1) is 6.92 Å². The minimum absolute atomic E-state index is 0.174. The number of carbonyl (C=O) groups is 1. The van der Waals surface area contributed by atoms with Gasteiger partial charge in [-0.25, -0.2) is 4.98 Å². The summed E-state index contributed by atoms with van der Waals surface area (Å²) in [7, 11) is 0. The van der Waals surface area contributed by atoms with Gasteiger partial charge in [-0.05, 0) is 32.6 Å². The molecule has 0 radical (unpaired) electrons. The van der Waals surface area contributed by atoms with Crippen molar-refractivity contribution in [3.05, 3.63) is 30.4 Å². The van der Waals surface area contributed by atoms with Crippen LogP contribution in [0.4, 0.5) is 0 Å². The van der Waals surface area contributed by atoms with Crippen molar-refractivity contribution in [1.82, 2.24) is 14.9 Å². The molecule has 0 saturated heterocycles. The van der Waals surface area contributed by atoms with Crippen LogP contribution in [0.1, 0.15) is 37.9 Å². The SMILES string of the molecule is Cc1nccn1CCCC(=O)N[C@@H]1CC=CCC1. The second-order valence-electron chi connectivity index (χ2n) is 4.82. The average molecular weight is 247 g/mol. The molecule has 1 aromatic heterocycles. The van der Waals surface area contributed by atoms with Gasteiger partial charge in [-0.15, -0.1) is 0 Å². The molecule has 0 saturated carbocycles. The lowest BCUT2D eigenvalue weighted by Crippen LogP contribution is -2.35. The predicted octanol–water partition coefficient (Wildman–Crippen LogP) is 2.20. The van der Waals surface area contributed by atoms with Crippen molar-refractivity contribution in [3.63, 3.8) is 0 Å². The van der Waals surface area contributed by atoms with E-state index in [-0.39, 0.29) is 5.91 Å². The van der Waals surface area contributed by atoms with Gasteiger partial charge in [-0.1, -0.05) is 12.2 Å². The van der Waals surface area contributed by atoms with E-state index in [1.165, 1.54) is 0 Å². The molecule has 1 N–H and O–H groups in total. The van der Waals surface area contributed by atoms with E-state index in [1.807, 2.05) is 13.1 Å². The lowest BCUT2D eigenvalue weighted by Gasteiger charge is -2.19. The molecule has 0 spiro atoms. The second-order valence-corrected chi connectivity index (χ2v) is 4.82. The number of rotatable bonds is 5. The Morgan fingerprint density at radius 2 is 2.44 bits per heavy atom. The van der Waals surface area contributed by atoms with Crippen LogP contribution in [0.5, 0.6) is 0 Å². The molecule has 1 aromatic rings. The fraction of sp³-hybridized carbons (Fsp3) is 0.571. The molecule has 0 aromatic carbocycles. The van der Waals surface area contributed by atoms with Crippen LogP contribution in [-0.4, -0.2) is 21.5 Å². The van der Waals surface area contributed by atoms with E-state index in [9.17, 15) is 4.79 Å². The number of amides is 1. The zero-order valence-corrected chi connectivity index (χ0v) is 10.9. The Hall–Kier alpha value is -1.58. The lowest BCUT2D eigenvalue weighted by molar-refractivity contribution is -0.122. The van der Waals surface area contributed by atoms with Crippen molar-refractivity contribution >= 4 is 5.91 Å². The molecule has 2 rings (SSSR count). The quantitative estimate of drug-likeness (QED) is 0.811. The normalized spacial score (nSPS) is 18.8. The van der Waals surface area contributed by atoms with Crippen LogP contribution in [-0.2, 0) is 11.3 Å². The summed E-state index contributed by atoms with van der Waals surface area (Å²) in [5.41, 5.74) is 0. The molecule has 1 heterocycles. The highest BCUT2D eigenvalue weighted by molar-refractivity contribution is 5.76. The molecule has 4 nitrogen and oxygen atoms in total. The molecule has 18 heavy (non-hydrogen) atoms. The first-order valence-corrected chi connectivity index (χ1v) is 6.68. The molecule has 1 atom stereocenters. The molecule has 1 aliphatic carbocycles. The highest BCUT2D eigenvalue weighted by Crippen LogP contribution is 2.10. The number of aryl methyl sites for hydroxylation is 2. The van der Waals surface area contributed by atoms with E-state index in [1.54, 1.807) is 6.20 Å². The molecule has 0 bridgehead atoms. The maximum absolute atomic E-state index is 11.8. The van der Waals surface area contributed by atoms with Gasteiger partial charge in [0.15, 0.2) is 0 Å². The number of allylic oxidation sites excluding steroid dienone is 1. The van der Waals surface area contributed by atoms with Gasteiger partial charge in [0.25, 0.3) is 0 Å². The van der Waals surface area contributed by atoms with Crippen LogP contribution in [0.3, 0.4) is 0 Å². The monoisotopic (exact) mass is 247 g/mol. The van der Waals surface area contributed by atoms with E-state index in [4.69, 9.17) is 0 Å². The van der Waals surface area contributed by atoms with Gasteiger partial charge in [0.1, 0.15) is 5.82 Å². The van der Waals surface area contributed by atoms with Crippen LogP contribution >= 0.6 is 0 Å². The standard InChI is InChI=1S/C14H21N3O/c1-12-15-9-11-17(12)10-5-8-14(18)16-13-6-3-2-4-7-13/h2-3,9,11,13H,4-8,10H2,1H3,(H,16,18)/t13-/m1/s1. The maximum Gasteiger partial charge on any atom is 0.220 e. The Morgan fingerprint density at radius 1 is 1.56 bits per heavy atom. The van der Waals surface area contributed by atoms with Gasteiger partial charge in [0.05, 0.1) is 0 Å². The number of nitrogens with zero attached hydrogens (tertiary/aromatic N) is 2. The summed E-state index contributed by atoms with van der Waals surface area (Å²) in [5, 5.41) is 3.10. The number of aromatic nitrogens is 2. The highest BCUT2D eigenvalue weighted by Gasteiger charge is 2.12. The summed E-state index contributed by atoms with van der Waals surface area (Å²) in [6.07, 6.45) is 12.7. The Morgan fingerprint density at radius 3 is 3.11 bits per heavy atom. The fourth-order valence-electron chi connectivity index (χ4n) is 2.27. The zero-order chi connectivity index (χ0) is 12.8. The molecule has 4 heteroatoms. The smallest absolute Gasteiger partial charge is 0.220 e. The van der Waals surface area contributed by atoms with Gasteiger partial charge in [0.2, 0.25) is 5.91 Å². The first kappa shape index (κ1) is 12.9. The summed E-state index contributed by atoms with van der Waals surface area (Å²) < 4.78 is 2.08. The highest BCUT2D eigenvalue weighted by atomic mass is 16.1. The van der Waals surface area contributed by atoms with Crippen LogP contribution < -0.4 is 5.32 Å². The molecule has 0 aliphatic heterocycles. The van der Waals surface area contributed by atoms with Gasteiger partial charge in [-0.2, -0.15) is 0 Å². The Balaban J connectivity index is 1.66. The molecular weight excluding hydrogens is 226 g/mol. The predicted molar refractivity (Wildman–Crippen MR) is 71.1 cm³/mol. The van der Waals surface area contributed by atoms with Crippen LogP contribution in [0.25, 0.3) is 0 Å². The minimum atomic E-state index is 0.174. The third-order valence-electron chi connectivity index (χ3n) is 3.36. The van der Waals surface area contributed by atoms with E-state index in [2.05, 4.69) is 27.0 Å². The van der Waals surface area contributed by atoms with Crippen molar-refractivity contribution in [2.75, 3.05) is 0 Å². The van der Waals surface area contributed by atoms with Gasteiger partial charge >= 0.3 is 0 Å². The van der Waals surface area contributed by atoms with Crippen molar-refractivity contribution in [2.45, 2.75) is 51.6 Å². The Kier molecular flexibility index (Phi) is 4.56. The van der Waals surface area contributed by atoms with E-state index >= 15 is 0 Å². The van der Waals surface area contributed by atoms with Crippen molar-refractivity contribution in [1.29, 1.82) is 0 Å². The van der Waals surface area contributed by atoms with Crippen LogP contribution in [0.15, 0.2) is 24.5 Å². The van der Waals surface area contributed by atoms with Gasteiger partial charge in [0, 0.05) is 31.4 Å². The minimum Gasteiger partial charge on any atom is -0.353 e. The molecular formula is C14H21N3O. The molecule has 0 unspecified atom stereocenters.